The Morgan fingerprint density at radius 3 is 2.53 bits per heavy atom. The van der Waals surface area contributed by atoms with E-state index in [9.17, 15) is 46.9 Å². The lowest BCUT2D eigenvalue weighted by atomic mass is 10.0. The van der Waals surface area contributed by atoms with Crippen molar-refractivity contribution in [3.05, 3.63) is 98.3 Å². The third-order valence-electron chi connectivity index (χ3n) is 11.5. The van der Waals surface area contributed by atoms with Crippen molar-refractivity contribution in [2.45, 2.75) is 75.7 Å². The van der Waals surface area contributed by atoms with Crippen molar-refractivity contribution in [3.8, 4) is 11.8 Å². The number of hydrogen-bond acceptors (Lipinski definition) is 9. The second kappa shape index (κ2) is 20.4. The zero-order valence-corrected chi connectivity index (χ0v) is 38.5. The van der Waals surface area contributed by atoms with Gasteiger partial charge in [-0.05, 0) is 97.7 Å². The van der Waals surface area contributed by atoms with Gasteiger partial charge in [-0.1, -0.05) is 39.9 Å². The minimum atomic E-state index is -5.81. The Morgan fingerprint density at radius 2 is 1.79 bits per heavy atom. The van der Waals surface area contributed by atoms with Crippen LogP contribution in [0.3, 0.4) is 0 Å². The summed E-state index contributed by atoms with van der Waals surface area (Å²) in [6.45, 7) is 0.401. The fourth-order valence-electron chi connectivity index (χ4n) is 7.97. The molecule has 5 N–H and O–H groups in total. The maximum absolute atomic E-state index is 14.4. The van der Waals surface area contributed by atoms with E-state index in [1.54, 1.807) is 42.5 Å². The number of rotatable bonds is 14. The molecular formula is C45H44BrF2N6O10PS. The highest BCUT2D eigenvalue weighted by molar-refractivity contribution is 9.10. The molecule has 1 aromatic heterocycles. The Kier molecular flexibility index (Phi) is 14.8. The van der Waals surface area contributed by atoms with Crippen LogP contribution in [0.1, 0.15) is 88.1 Å². The van der Waals surface area contributed by atoms with E-state index in [-0.39, 0.29) is 79.8 Å². The number of unbranched alkanes of at least 4 members (excludes halogenated alkanes) is 1. The second-order valence-electron chi connectivity index (χ2n) is 16.0. The third kappa shape index (κ3) is 10.9. The predicted octanol–water partition coefficient (Wildman–Crippen LogP) is 5.13. The smallest absolute Gasteiger partial charge is 0.356 e. The SMILES string of the molecule is O=C(CCN(C(=O)CN1CCCC[C@H](NC(=O)c2cc3cc(C(F)(F)P(=O)(O)O)ccc3s2)C1=O)c1ccc(Br)cc1)NCCCC#Cc1cccc2c1CN(C1CCC(=O)NC1=O)C2=O. The van der Waals surface area contributed by atoms with Crippen molar-refractivity contribution in [1.29, 1.82) is 0 Å². The van der Waals surface area contributed by atoms with E-state index in [0.29, 0.717) is 53.7 Å². The number of benzene rings is 3. The Morgan fingerprint density at radius 1 is 1.02 bits per heavy atom. The number of likely N-dealkylation sites (tertiary alicyclic amines) is 1. The second-order valence-corrected chi connectivity index (χ2v) is 19.6. The average molecular weight is 1010 g/mol. The minimum Gasteiger partial charge on any atom is -0.356 e. The number of hydrogen-bond donors (Lipinski definition) is 5. The van der Waals surface area contributed by atoms with Gasteiger partial charge in [0.15, 0.2) is 0 Å². The van der Waals surface area contributed by atoms with Crippen LogP contribution in [-0.4, -0.2) is 99.2 Å². The first-order valence-corrected chi connectivity index (χ1v) is 24.3. The van der Waals surface area contributed by atoms with E-state index in [1.165, 1.54) is 26.8 Å². The van der Waals surface area contributed by atoms with Gasteiger partial charge in [-0.15, -0.1) is 11.3 Å². The molecule has 66 heavy (non-hydrogen) atoms. The van der Waals surface area contributed by atoms with Crippen molar-refractivity contribution >= 4 is 92.0 Å². The molecule has 0 aliphatic carbocycles. The number of piperidine rings is 1. The summed E-state index contributed by atoms with van der Waals surface area (Å²) >= 11 is 4.35. The minimum absolute atomic E-state index is 0.00424. The van der Waals surface area contributed by atoms with Gasteiger partial charge in [0, 0.05) is 77.0 Å². The number of imide groups is 1. The van der Waals surface area contributed by atoms with Crippen molar-refractivity contribution in [2.75, 3.05) is 31.1 Å². The first-order valence-electron chi connectivity index (χ1n) is 21.1. The lowest BCUT2D eigenvalue weighted by Gasteiger charge is -2.29. The van der Waals surface area contributed by atoms with E-state index >= 15 is 0 Å². The molecule has 3 aliphatic heterocycles. The number of carbonyl (C=O) groups excluding carboxylic acids is 7. The molecule has 3 aliphatic rings. The summed E-state index contributed by atoms with van der Waals surface area (Å²) in [5, 5.41) is 8.03. The van der Waals surface area contributed by atoms with Gasteiger partial charge in [0.05, 0.1) is 4.88 Å². The van der Waals surface area contributed by atoms with E-state index in [1.807, 2.05) is 0 Å². The number of alkyl halides is 2. The molecular weight excluding hydrogens is 965 g/mol. The summed E-state index contributed by atoms with van der Waals surface area (Å²) in [4.78, 5) is 114. The number of anilines is 1. The van der Waals surface area contributed by atoms with E-state index in [0.717, 1.165) is 33.5 Å². The molecule has 0 spiro atoms. The number of halogens is 3. The molecule has 4 aromatic rings. The fourth-order valence-corrected chi connectivity index (χ4v) is 9.66. The average Bonchev–Trinajstić information content (AvgIpc) is 3.81. The quantitative estimate of drug-likeness (QED) is 0.0485. The largest absolute Gasteiger partial charge is 0.399 e. The fraction of sp³-hybridized carbons (Fsp3) is 0.356. The van der Waals surface area contributed by atoms with Gasteiger partial charge in [-0.25, -0.2) is 0 Å². The van der Waals surface area contributed by atoms with Crippen LogP contribution in [0, 0.1) is 11.8 Å². The van der Waals surface area contributed by atoms with Crippen LogP contribution in [0.5, 0.6) is 0 Å². The van der Waals surface area contributed by atoms with Gasteiger partial charge < -0.3 is 35.1 Å². The molecule has 7 rings (SSSR count). The lowest BCUT2D eigenvalue weighted by molar-refractivity contribution is -0.137. The summed E-state index contributed by atoms with van der Waals surface area (Å²) < 4.78 is 41.3. The number of fused-ring (bicyclic) bond motifs is 2. The van der Waals surface area contributed by atoms with Gasteiger partial charge in [0.1, 0.15) is 18.6 Å². The van der Waals surface area contributed by atoms with Crippen LogP contribution in [0.15, 0.2) is 71.2 Å². The highest BCUT2D eigenvalue weighted by Crippen LogP contribution is 2.59. The Hall–Kier alpha value is -5.84. The molecule has 0 bridgehead atoms. The summed E-state index contributed by atoms with van der Waals surface area (Å²) in [6, 6.07) is 14.7. The Bertz CT molecular complexity index is 2720. The van der Waals surface area contributed by atoms with Crippen molar-refractivity contribution < 1.29 is 56.7 Å². The lowest BCUT2D eigenvalue weighted by Crippen LogP contribution is -2.52. The van der Waals surface area contributed by atoms with Crippen molar-refractivity contribution in [2.24, 2.45) is 0 Å². The number of nitrogens with zero attached hydrogens (tertiary/aromatic N) is 3. The first kappa shape index (κ1) is 48.1. The monoisotopic (exact) mass is 1010 g/mol. The maximum atomic E-state index is 14.4. The standard InChI is InChI=1S/C45H44BrF2N6O10PS/c46-30-12-14-31(15-13-30)53(22-19-38(55)49-20-4-1-2-7-27-8-6-9-32-33(27)25-54(43(32)60)35-16-18-39(56)51-41(35)58)40(57)26-52-21-5-3-10-34(44(52)61)50-42(59)37-24-28-23-29(11-17-36(28)66-37)45(47,48)65(62,63)64/h6,8-9,11-15,17,23-24,34-35H,1,3-5,10,16,18-22,25-26H2,(H,49,55)(H,50,59)(H,51,56,58)(H2,62,63,64)/t34-,35?/m0/s1. The van der Waals surface area contributed by atoms with Crippen LogP contribution >= 0.6 is 34.9 Å². The Balaban J connectivity index is 0.920. The third-order valence-corrected chi connectivity index (χ3v) is 14.1. The summed E-state index contributed by atoms with van der Waals surface area (Å²) in [5.74, 6) is 3.15. The molecule has 2 saturated heterocycles. The predicted molar refractivity (Wildman–Crippen MR) is 242 cm³/mol. The topological polar surface area (TPSA) is 223 Å². The molecule has 346 valence electrons. The van der Waals surface area contributed by atoms with E-state index in [4.69, 9.17) is 9.79 Å². The number of amides is 7. The summed E-state index contributed by atoms with van der Waals surface area (Å²) in [6.07, 6.45) is 2.68. The summed E-state index contributed by atoms with van der Waals surface area (Å²) in [7, 11) is -5.81. The van der Waals surface area contributed by atoms with E-state index < -0.39 is 54.5 Å². The van der Waals surface area contributed by atoms with Crippen LogP contribution in [0.4, 0.5) is 14.5 Å². The molecule has 0 saturated carbocycles. The van der Waals surface area contributed by atoms with Crippen molar-refractivity contribution in [3.63, 3.8) is 0 Å². The van der Waals surface area contributed by atoms with Crippen LogP contribution in [-0.2, 0) is 40.7 Å². The summed E-state index contributed by atoms with van der Waals surface area (Å²) in [5.41, 5.74) is -2.99. The molecule has 21 heteroatoms. The molecule has 3 aromatic carbocycles. The number of nitrogens with one attached hydrogen (secondary N) is 3. The molecule has 2 atom stereocenters. The maximum Gasteiger partial charge on any atom is 0.399 e. The zero-order chi connectivity index (χ0) is 47.3. The first-order chi connectivity index (χ1) is 31.4. The molecule has 16 nitrogen and oxygen atoms in total. The Labute approximate surface area is 389 Å². The van der Waals surface area contributed by atoms with Gasteiger partial charge in [0.25, 0.3) is 11.8 Å². The number of carbonyl (C=O) groups is 7. The molecule has 4 heterocycles. The molecule has 0 radical (unpaired) electrons. The highest BCUT2D eigenvalue weighted by Gasteiger charge is 2.50. The van der Waals surface area contributed by atoms with Crippen LogP contribution in [0.2, 0.25) is 0 Å². The van der Waals surface area contributed by atoms with E-state index in [2.05, 4.69) is 43.7 Å². The van der Waals surface area contributed by atoms with Gasteiger partial charge >= 0.3 is 13.3 Å². The van der Waals surface area contributed by atoms with Gasteiger partial charge in [0.2, 0.25) is 29.5 Å². The zero-order valence-electron chi connectivity index (χ0n) is 35.2. The van der Waals surface area contributed by atoms with Crippen molar-refractivity contribution in [1.82, 2.24) is 25.8 Å². The number of thiophene rings is 1. The van der Waals surface area contributed by atoms with Gasteiger partial charge in [-0.2, -0.15) is 8.78 Å². The van der Waals surface area contributed by atoms with Gasteiger partial charge in [-0.3, -0.25) is 43.4 Å². The molecule has 7 amide bonds. The normalized spacial score (nSPS) is 17.7. The molecule has 1 unspecified atom stereocenters. The highest BCUT2D eigenvalue weighted by atomic mass is 79.9. The van der Waals surface area contributed by atoms with Crippen LogP contribution < -0.4 is 20.9 Å². The molecule has 2 fully saturated rings. The van der Waals surface area contributed by atoms with Crippen LogP contribution in [0.25, 0.3) is 10.1 Å².